The van der Waals surface area contributed by atoms with Gasteiger partial charge in [-0.05, 0) is 25.8 Å². The molecule has 2 aromatic rings. The third-order valence-electron chi connectivity index (χ3n) is 4.16. The molecule has 0 saturated carbocycles. The first kappa shape index (κ1) is 22.9. The van der Waals surface area contributed by atoms with E-state index in [0.29, 0.717) is 6.61 Å². The first-order chi connectivity index (χ1) is 14.3. The Bertz CT molecular complexity index is 890. The van der Waals surface area contributed by atoms with Gasteiger partial charge in [-0.3, -0.25) is 14.9 Å². The van der Waals surface area contributed by atoms with Gasteiger partial charge in [-0.15, -0.1) is 0 Å². The summed E-state index contributed by atoms with van der Waals surface area (Å²) in [4.78, 5) is 32.8. The number of anilines is 2. The van der Waals surface area contributed by atoms with Gasteiger partial charge in [-0.1, -0.05) is 43.2 Å². The van der Waals surface area contributed by atoms with Crippen LogP contribution in [-0.4, -0.2) is 40.6 Å². The van der Waals surface area contributed by atoms with Gasteiger partial charge in [-0.2, -0.15) is 9.97 Å². The monoisotopic (exact) mass is 417 g/mol. The topological polar surface area (TPSA) is 134 Å². The molecule has 162 valence electrons. The van der Waals surface area contributed by atoms with E-state index >= 15 is 0 Å². The third kappa shape index (κ3) is 6.29. The van der Waals surface area contributed by atoms with Gasteiger partial charge < -0.3 is 20.1 Å². The number of nitro groups is 1. The van der Waals surface area contributed by atoms with Crippen molar-refractivity contribution in [3.8, 4) is 6.01 Å². The van der Waals surface area contributed by atoms with E-state index in [9.17, 15) is 14.9 Å². The molecule has 0 unspecified atom stereocenters. The van der Waals surface area contributed by atoms with Crippen LogP contribution in [-0.2, 0) is 16.1 Å². The summed E-state index contributed by atoms with van der Waals surface area (Å²) >= 11 is 0. The second-order valence-electron chi connectivity index (χ2n) is 6.67. The van der Waals surface area contributed by atoms with Crippen molar-refractivity contribution in [1.29, 1.82) is 0 Å². The molecule has 2 rings (SSSR count). The minimum absolute atomic E-state index is 0.0698. The van der Waals surface area contributed by atoms with E-state index in [1.807, 2.05) is 38.1 Å². The number of unbranched alkanes of at least 4 members (excludes halogenated alkanes) is 1. The van der Waals surface area contributed by atoms with Gasteiger partial charge >= 0.3 is 17.7 Å². The van der Waals surface area contributed by atoms with E-state index in [2.05, 4.69) is 9.97 Å². The molecule has 0 spiro atoms. The molecule has 0 saturated heterocycles. The molecule has 30 heavy (non-hydrogen) atoms. The number of rotatable bonds is 11. The van der Waals surface area contributed by atoms with Crippen LogP contribution >= 0.6 is 0 Å². The predicted octanol–water partition coefficient (Wildman–Crippen LogP) is 3.02. The largest absolute Gasteiger partial charge is 0.465 e. The lowest BCUT2D eigenvalue weighted by Crippen LogP contribution is -2.32. The molecule has 10 heteroatoms. The first-order valence-electron chi connectivity index (χ1n) is 9.76. The Kier molecular flexibility index (Phi) is 8.33. The number of nitrogen functional groups attached to an aromatic ring is 1. The average molecular weight is 417 g/mol. The van der Waals surface area contributed by atoms with Gasteiger partial charge in [0.1, 0.15) is 6.54 Å². The number of benzene rings is 1. The van der Waals surface area contributed by atoms with E-state index in [1.54, 1.807) is 6.92 Å². The zero-order valence-corrected chi connectivity index (χ0v) is 17.5. The summed E-state index contributed by atoms with van der Waals surface area (Å²) in [6.45, 7) is 6.11. The van der Waals surface area contributed by atoms with Crippen LogP contribution in [0.25, 0.3) is 0 Å². The molecule has 2 N–H and O–H groups in total. The highest BCUT2D eigenvalue weighted by Crippen LogP contribution is 2.33. The minimum Gasteiger partial charge on any atom is -0.465 e. The number of esters is 1. The Morgan fingerprint density at radius 1 is 1.30 bits per heavy atom. The summed E-state index contributed by atoms with van der Waals surface area (Å²) in [7, 11) is 0. The second kappa shape index (κ2) is 10.9. The van der Waals surface area contributed by atoms with Crippen LogP contribution in [0.1, 0.15) is 37.8 Å². The second-order valence-corrected chi connectivity index (χ2v) is 6.67. The highest BCUT2D eigenvalue weighted by atomic mass is 16.6. The van der Waals surface area contributed by atoms with Crippen molar-refractivity contribution in [3.63, 3.8) is 0 Å². The smallest absolute Gasteiger partial charge is 0.353 e. The van der Waals surface area contributed by atoms with Gasteiger partial charge in [0.25, 0.3) is 0 Å². The van der Waals surface area contributed by atoms with Crippen molar-refractivity contribution in [2.45, 2.75) is 40.2 Å². The summed E-state index contributed by atoms with van der Waals surface area (Å²) in [5.74, 6) is -0.951. The Balaban J connectivity index is 2.49. The number of nitrogens with zero attached hydrogens (tertiary/aromatic N) is 4. The third-order valence-corrected chi connectivity index (χ3v) is 4.16. The van der Waals surface area contributed by atoms with Crippen LogP contribution in [0, 0.1) is 17.0 Å². The number of hydrogen-bond acceptors (Lipinski definition) is 9. The lowest BCUT2D eigenvalue weighted by atomic mass is 10.1. The summed E-state index contributed by atoms with van der Waals surface area (Å²) in [5.41, 5.74) is 7.24. The van der Waals surface area contributed by atoms with Crippen molar-refractivity contribution in [1.82, 2.24) is 9.97 Å². The van der Waals surface area contributed by atoms with Crippen molar-refractivity contribution in [2.75, 3.05) is 30.4 Å². The Morgan fingerprint density at radius 3 is 2.70 bits per heavy atom. The fourth-order valence-electron chi connectivity index (χ4n) is 2.81. The van der Waals surface area contributed by atoms with Gasteiger partial charge in [0.15, 0.2) is 0 Å². The zero-order chi connectivity index (χ0) is 22.1. The minimum atomic E-state index is -0.658. The molecule has 1 aromatic carbocycles. The van der Waals surface area contributed by atoms with Crippen LogP contribution in [0.5, 0.6) is 6.01 Å². The quantitative estimate of drug-likeness (QED) is 0.253. The van der Waals surface area contributed by atoms with Gasteiger partial charge in [0, 0.05) is 6.54 Å². The maximum atomic E-state index is 12.2. The lowest BCUT2D eigenvalue weighted by molar-refractivity contribution is -0.383. The molecule has 0 bridgehead atoms. The Hall–Kier alpha value is -3.43. The SMILES string of the molecule is CCCCOc1nc(N)c([N+](=O)[O-])c(N(CC(=O)OCC)Cc2cccc(C)c2)n1. The van der Waals surface area contributed by atoms with Crippen molar-refractivity contribution < 1.29 is 19.2 Å². The number of aromatic nitrogens is 2. The van der Waals surface area contributed by atoms with Crippen LogP contribution in [0.2, 0.25) is 0 Å². The normalized spacial score (nSPS) is 10.5. The molecule has 0 radical (unpaired) electrons. The molecule has 10 nitrogen and oxygen atoms in total. The molecule has 0 fully saturated rings. The highest BCUT2D eigenvalue weighted by molar-refractivity contribution is 5.78. The molecule has 1 aromatic heterocycles. The number of hydrogen-bond donors (Lipinski definition) is 1. The van der Waals surface area contributed by atoms with Gasteiger partial charge in [0.2, 0.25) is 11.6 Å². The van der Waals surface area contributed by atoms with Crippen LogP contribution < -0.4 is 15.4 Å². The van der Waals surface area contributed by atoms with E-state index in [4.69, 9.17) is 15.2 Å². The maximum Gasteiger partial charge on any atom is 0.353 e. The van der Waals surface area contributed by atoms with Crippen molar-refractivity contribution >= 4 is 23.3 Å². The fourth-order valence-corrected chi connectivity index (χ4v) is 2.81. The van der Waals surface area contributed by atoms with E-state index < -0.39 is 16.6 Å². The highest BCUT2D eigenvalue weighted by Gasteiger charge is 2.29. The summed E-state index contributed by atoms with van der Waals surface area (Å²) in [5, 5.41) is 11.7. The molecular weight excluding hydrogens is 390 g/mol. The molecule has 1 heterocycles. The standard InChI is InChI=1S/C20H27N5O5/c1-4-6-10-30-20-22-18(21)17(25(27)28)19(23-20)24(13-16(26)29-5-2)12-15-9-7-8-14(3)11-15/h7-9,11H,4-6,10,12-13H2,1-3H3,(H2,21,22,23). The molecule has 0 atom stereocenters. The number of ether oxygens (including phenoxy) is 2. The summed E-state index contributed by atoms with van der Waals surface area (Å²) in [6.07, 6.45) is 1.67. The molecule has 0 aliphatic heterocycles. The molecule has 0 aliphatic carbocycles. The number of carbonyl (C=O) groups is 1. The molecule has 0 amide bonds. The summed E-state index contributed by atoms with van der Waals surface area (Å²) in [6, 6.07) is 7.52. The predicted molar refractivity (Wildman–Crippen MR) is 112 cm³/mol. The van der Waals surface area contributed by atoms with Crippen LogP contribution in [0.4, 0.5) is 17.3 Å². The molecule has 0 aliphatic rings. The zero-order valence-electron chi connectivity index (χ0n) is 17.5. The van der Waals surface area contributed by atoms with Crippen LogP contribution in [0.15, 0.2) is 24.3 Å². The molecular formula is C20H27N5O5. The number of nitrogens with two attached hydrogens (primary N) is 1. The fraction of sp³-hybridized carbons (Fsp3) is 0.450. The van der Waals surface area contributed by atoms with Gasteiger partial charge in [0.05, 0.1) is 18.1 Å². The Labute approximate surface area is 175 Å². The Morgan fingerprint density at radius 2 is 2.07 bits per heavy atom. The van der Waals surface area contributed by atoms with E-state index in [1.165, 1.54) is 4.90 Å². The maximum absolute atomic E-state index is 12.2. The van der Waals surface area contributed by atoms with Gasteiger partial charge in [-0.25, -0.2) is 0 Å². The van der Waals surface area contributed by atoms with Crippen molar-refractivity contribution in [3.05, 3.63) is 45.5 Å². The van der Waals surface area contributed by atoms with Crippen LogP contribution in [0.3, 0.4) is 0 Å². The van der Waals surface area contributed by atoms with E-state index in [0.717, 1.165) is 24.0 Å². The number of aryl methyl sites for hydroxylation is 1. The first-order valence-corrected chi connectivity index (χ1v) is 9.76. The van der Waals surface area contributed by atoms with Crippen molar-refractivity contribution in [2.24, 2.45) is 0 Å². The number of carbonyl (C=O) groups excluding carboxylic acids is 1. The van der Waals surface area contributed by atoms with E-state index in [-0.39, 0.29) is 37.3 Å². The average Bonchev–Trinajstić information content (AvgIpc) is 2.67. The lowest BCUT2D eigenvalue weighted by Gasteiger charge is -2.23. The summed E-state index contributed by atoms with van der Waals surface area (Å²) < 4.78 is 10.5.